The van der Waals surface area contributed by atoms with Gasteiger partial charge in [-0.2, -0.15) is 0 Å². The molecule has 1 aliphatic heterocycles. The summed E-state index contributed by atoms with van der Waals surface area (Å²) in [5.41, 5.74) is 3.95. The van der Waals surface area contributed by atoms with E-state index in [4.69, 9.17) is 4.74 Å². The van der Waals surface area contributed by atoms with Gasteiger partial charge in [-0.15, -0.1) is 0 Å². The molecule has 2 aromatic carbocycles. The van der Waals surface area contributed by atoms with Crippen LogP contribution in [0.25, 0.3) is 10.9 Å². The molecule has 0 N–H and O–H groups in total. The highest BCUT2D eigenvalue weighted by Gasteiger charge is 2.25. The Balaban J connectivity index is 1.76. The Morgan fingerprint density at radius 2 is 1.83 bits per heavy atom. The maximum absolute atomic E-state index is 13.2. The lowest BCUT2D eigenvalue weighted by Crippen LogP contribution is -2.36. The maximum Gasteiger partial charge on any atom is 0.258 e. The number of benzene rings is 2. The van der Waals surface area contributed by atoms with Crippen LogP contribution in [0.3, 0.4) is 0 Å². The molecular formula is C20H18N2O2. The minimum atomic E-state index is -0.0000435. The monoisotopic (exact) mass is 318 g/mol. The topological polar surface area (TPSA) is 42.4 Å². The highest BCUT2D eigenvalue weighted by Crippen LogP contribution is 2.29. The van der Waals surface area contributed by atoms with Gasteiger partial charge in [0.05, 0.1) is 24.4 Å². The van der Waals surface area contributed by atoms with E-state index in [0.717, 1.165) is 23.9 Å². The van der Waals surface area contributed by atoms with Gasteiger partial charge in [-0.1, -0.05) is 42.5 Å². The first-order chi connectivity index (χ1) is 11.8. The lowest BCUT2D eigenvalue weighted by Gasteiger charge is -2.29. The lowest BCUT2D eigenvalue weighted by molar-refractivity contribution is 0.0733. The van der Waals surface area contributed by atoms with Gasteiger partial charge in [-0.05, 0) is 23.6 Å². The van der Waals surface area contributed by atoms with E-state index in [0.29, 0.717) is 17.9 Å². The first-order valence-electron chi connectivity index (χ1n) is 8.05. The van der Waals surface area contributed by atoms with Crippen LogP contribution in [0.5, 0.6) is 5.75 Å². The summed E-state index contributed by atoms with van der Waals surface area (Å²) in [5.74, 6) is 0.525. The number of carbonyl (C=O) groups excluding carboxylic acids is 1. The van der Waals surface area contributed by atoms with Crippen LogP contribution >= 0.6 is 0 Å². The van der Waals surface area contributed by atoms with E-state index in [1.165, 1.54) is 11.1 Å². The van der Waals surface area contributed by atoms with Gasteiger partial charge in [0, 0.05) is 18.5 Å². The second kappa shape index (κ2) is 5.96. The molecule has 4 rings (SSSR count). The van der Waals surface area contributed by atoms with Crippen molar-refractivity contribution in [2.45, 2.75) is 13.0 Å². The number of hydrogen-bond donors (Lipinski definition) is 0. The van der Waals surface area contributed by atoms with Crippen LogP contribution in [-0.2, 0) is 13.0 Å². The van der Waals surface area contributed by atoms with Crippen molar-refractivity contribution in [3.63, 3.8) is 0 Å². The average molecular weight is 318 g/mol. The van der Waals surface area contributed by atoms with Gasteiger partial charge >= 0.3 is 0 Å². The van der Waals surface area contributed by atoms with Crippen LogP contribution in [0.15, 0.2) is 54.7 Å². The molecule has 24 heavy (non-hydrogen) atoms. The number of nitrogens with zero attached hydrogens (tertiary/aromatic N) is 2. The van der Waals surface area contributed by atoms with Crippen molar-refractivity contribution in [3.05, 3.63) is 71.4 Å². The Hall–Kier alpha value is -2.88. The minimum absolute atomic E-state index is 0.0000435. The smallest absolute Gasteiger partial charge is 0.258 e. The summed E-state index contributed by atoms with van der Waals surface area (Å²) >= 11 is 0. The zero-order chi connectivity index (χ0) is 16.5. The van der Waals surface area contributed by atoms with Crippen LogP contribution in [0, 0.1) is 0 Å². The molecule has 0 bridgehead atoms. The van der Waals surface area contributed by atoms with Gasteiger partial charge in [0.15, 0.2) is 5.75 Å². The number of carbonyl (C=O) groups is 1. The second-order valence-corrected chi connectivity index (χ2v) is 5.96. The van der Waals surface area contributed by atoms with Crippen LogP contribution in [0.2, 0.25) is 0 Å². The van der Waals surface area contributed by atoms with Gasteiger partial charge in [0.2, 0.25) is 0 Å². The molecule has 1 aliphatic rings. The summed E-state index contributed by atoms with van der Waals surface area (Å²) in [6.07, 6.45) is 2.51. The van der Waals surface area contributed by atoms with E-state index in [9.17, 15) is 4.79 Å². The van der Waals surface area contributed by atoms with E-state index in [-0.39, 0.29) is 5.91 Å². The van der Waals surface area contributed by atoms with Gasteiger partial charge in [-0.25, -0.2) is 0 Å². The molecule has 0 saturated carbocycles. The number of pyridine rings is 1. The molecule has 0 unspecified atom stereocenters. The molecule has 3 aromatic rings. The van der Waals surface area contributed by atoms with E-state index >= 15 is 0 Å². The fourth-order valence-corrected chi connectivity index (χ4v) is 3.33. The molecule has 1 amide bonds. The number of amides is 1. The summed E-state index contributed by atoms with van der Waals surface area (Å²) in [4.78, 5) is 19.5. The van der Waals surface area contributed by atoms with Crippen molar-refractivity contribution in [3.8, 4) is 5.75 Å². The zero-order valence-corrected chi connectivity index (χ0v) is 13.5. The summed E-state index contributed by atoms with van der Waals surface area (Å²) in [6, 6.07) is 16.0. The van der Waals surface area contributed by atoms with Gasteiger partial charge < -0.3 is 9.64 Å². The Morgan fingerprint density at radius 3 is 2.67 bits per heavy atom. The molecule has 0 fully saturated rings. The number of fused-ring (bicyclic) bond motifs is 2. The number of para-hydroxylation sites is 1. The molecule has 120 valence electrons. The van der Waals surface area contributed by atoms with Crippen LogP contribution < -0.4 is 4.74 Å². The Kier molecular flexibility index (Phi) is 3.65. The first kappa shape index (κ1) is 14.7. The molecule has 0 atom stereocenters. The molecule has 2 heterocycles. The third kappa shape index (κ3) is 2.40. The predicted molar refractivity (Wildman–Crippen MR) is 93.2 cm³/mol. The average Bonchev–Trinajstić information content (AvgIpc) is 2.66. The molecular weight excluding hydrogens is 300 g/mol. The standard InChI is InChI=1S/C20H18N2O2/c1-24-18-12-21-17-9-5-4-8-16(17)19(18)20(23)22-11-10-14-6-2-3-7-15(14)13-22/h2-9,12H,10-11,13H2,1H3. The van der Waals surface area contributed by atoms with Crippen molar-refractivity contribution in [1.82, 2.24) is 9.88 Å². The van der Waals surface area contributed by atoms with Gasteiger partial charge in [0.1, 0.15) is 0 Å². The third-order valence-corrected chi connectivity index (χ3v) is 4.59. The molecule has 0 aliphatic carbocycles. The largest absolute Gasteiger partial charge is 0.494 e. The van der Waals surface area contributed by atoms with Crippen molar-refractivity contribution in [2.75, 3.05) is 13.7 Å². The molecule has 4 heteroatoms. The summed E-state index contributed by atoms with van der Waals surface area (Å²) in [7, 11) is 1.58. The highest BCUT2D eigenvalue weighted by atomic mass is 16.5. The number of aromatic nitrogens is 1. The van der Waals surface area contributed by atoms with Crippen molar-refractivity contribution in [2.24, 2.45) is 0 Å². The van der Waals surface area contributed by atoms with E-state index in [1.807, 2.05) is 35.2 Å². The zero-order valence-electron chi connectivity index (χ0n) is 13.5. The number of ether oxygens (including phenoxy) is 1. The summed E-state index contributed by atoms with van der Waals surface area (Å²) < 4.78 is 5.42. The normalized spacial score (nSPS) is 13.6. The first-order valence-corrected chi connectivity index (χ1v) is 8.05. The van der Waals surface area contributed by atoms with Gasteiger partial charge in [-0.3, -0.25) is 9.78 Å². The summed E-state index contributed by atoms with van der Waals surface area (Å²) in [6.45, 7) is 1.35. The second-order valence-electron chi connectivity index (χ2n) is 5.96. The lowest BCUT2D eigenvalue weighted by atomic mass is 9.98. The fraction of sp³-hybridized carbons (Fsp3) is 0.200. The predicted octanol–water partition coefficient (Wildman–Crippen LogP) is 3.44. The minimum Gasteiger partial charge on any atom is -0.494 e. The molecule has 0 spiro atoms. The Bertz CT molecular complexity index is 920. The van der Waals surface area contributed by atoms with E-state index in [1.54, 1.807) is 13.3 Å². The fourth-order valence-electron chi connectivity index (χ4n) is 3.33. The third-order valence-electron chi connectivity index (χ3n) is 4.59. The quantitative estimate of drug-likeness (QED) is 0.727. The number of hydrogen-bond acceptors (Lipinski definition) is 3. The Labute approximate surface area is 140 Å². The Morgan fingerprint density at radius 1 is 1.08 bits per heavy atom. The number of rotatable bonds is 2. The van der Waals surface area contributed by atoms with E-state index < -0.39 is 0 Å². The number of methoxy groups -OCH3 is 1. The summed E-state index contributed by atoms with van der Waals surface area (Å²) in [5, 5.41) is 0.834. The highest BCUT2D eigenvalue weighted by molar-refractivity contribution is 6.08. The SMILES string of the molecule is COc1cnc2ccccc2c1C(=O)N1CCc2ccccc2C1. The van der Waals surface area contributed by atoms with Gasteiger partial charge in [0.25, 0.3) is 5.91 Å². The molecule has 0 saturated heterocycles. The van der Waals surface area contributed by atoms with Crippen molar-refractivity contribution in [1.29, 1.82) is 0 Å². The van der Waals surface area contributed by atoms with Crippen LogP contribution in [-0.4, -0.2) is 29.4 Å². The van der Waals surface area contributed by atoms with E-state index in [2.05, 4.69) is 23.2 Å². The molecule has 0 radical (unpaired) electrons. The van der Waals surface area contributed by atoms with Crippen molar-refractivity contribution >= 4 is 16.8 Å². The van der Waals surface area contributed by atoms with Crippen LogP contribution in [0.4, 0.5) is 0 Å². The molecule has 1 aromatic heterocycles. The van der Waals surface area contributed by atoms with Crippen LogP contribution in [0.1, 0.15) is 21.5 Å². The molecule has 4 nitrogen and oxygen atoms in total. The maximum atomic E-state index is 13.2. The van der Waals surface area contributed by atoms with Crippen molar-refractivity contribution < 1.29 is 9.53 Å².